The van der Waals surface area contributed by atoms with Gasteiger partial charge in [0.2, 0.25) is 10.0 Å². The number of nitrogens with one attached hydrogen (secondary N) is 3. The first-order valence-corrected chi connectivity index (χ1v) is 17.5. The van der Waals surface area contributed by atoms with Gasteiger partial charge in [0.15, 0.2) is 0 Å². The van der Waals surface area contributed by atoms with E-state index < -0.39 is 27.7 Å². The van der Waals surface area contributed by atoms with Crippen molar-refractivity contribution in [2.24, 2.45) is 0 Å². The second-order valence-corrected chi connectivity index (χ2v) is 15.5. The molecule has 0 spiro atoms. The molecule has 5 rings (SSSR count). The van der Waals surface area contributed by atoms with Crippen LogP contribution in [0.1, 0.15) is 75.9 Å². The van der Waals surface area contributed by atoms with Crippen LogP contribution in [-0.4, -0.2) is 66.4 Å². The van der Waals surface area contributed by atoms with Crippen LogP contribution in [0.4, 0.5) is 15.3 Å². The summed E-state index contributed by atoms with van der Waals surface area (Å²) in [5.41, 5.74) is 1.06. The number of carboxylic acid groups (broad SMARTS) is 1. The van der Waals surface area contributed by atoms with Crippen LogP contribution in [0, 0.1) is 0 Å². The number of hydrogen-bond acceptors (Lipinski definition) is 7. The van der Waals surface area contributed by atoms with Crippen LogP contribution in [0.2, 0.25) is 0 Å². The van der Waals surface area contributed by atoms with Gasteiger partial charge in [-0.3, -0.25) is 4.90 Å². The molecule has 45 heavy (non-hydrogen) atoms. The summed E-state index contributed by atoms with van der Waals surface area (Å²) in [6.45, 7) is 8.09. The van der Waals surface area contributed by atoms with Crippen molar-refractivity contribution >= 4 is 39.2 Å². The first-order valence-electron chi connectivity index (χ1n) is 15.2. The maximum absolute atomic E-state index is 13.7. The minimum atomic E-state index is -3.98. The predicted molar refractivity (Wildman–Crippen MR) is 174 cm³/mol. The summed E-state index contributed by atoms with van der Waals surface area (Å²) in [4.78, 5) is 31.8. The molecular formula is C32H41N5O6S2. The molecule has 4 N–H and O–H groups in total. The van der Waals surface area contributed by atoms with Gasteiger partial charge in [0.1, 0.15) is 0 Å². The van der Waals surface area contributed by atoms with Crippen LogP contribution in [-0.2, 0) is 14.8 Å². The minimum Gasteiger partial charge on any atom is -0.465 e. The standard InChI is InChI=1S/C32H41N5O6S2/c1-20(21-8-6-5-7-9-21)34-30(38)35-23-12-15-26(28(16-23)45(41,42)36-32(2,3)4)27-17-33-29(44-27)22-10-13-24(14-11-22)37(31(39)40)25-18-43-19-25/h5-9,12,15-17,20,22,24-25,36H,10-11,13-14,18-19H2,1-4H3,(H,39,40)(H2,34,35,38)/t20-,22?,24?/m0/s1. The zero-order valence-corrected chi connectivity index (χ0v) is 27.6. The zero-order chi connectivity index (χ0) is 32.4. The fourth-order valence-corrected chi connectivity index (χ4v) is 8.73. The summed E-state index contributed by atoms with van der Waals surface area (Å²) in [6, 6.07) is 13.6. The van der Waals surface area contributed by atoms with E-state index in [9.17, 15) is 23.1 Å². The van der Waals surface area contributed by atoms with E-state index in [1.54, 1.807) is 44.0 Å². The Balaban J connectivity index is 1.34. The molecule has 0 bridgehead atoms. The van der Waals surface area contributed by atoms with Crippen LogP contribution in [0.3, 0.4) is 0 Å². The van der Waals surface area contributed by atoms with E-state index in [2.05, 4.69) is 20.3 Å². The molecule has 2 fully saturated rings. The van der Waals surface area contributed by atoms with Gasteiger partial charge in [-0.2, -0.15) is 0 Å². The Hall–Kier alpha value is -3.52. The number of carbonyl (C=O) groups is 2. The molecule has 1 saturated carbocycles. The molecule has 2 aromatic carbocycles. The third-order valence-corrected chi connectivity index (χ3v) is 11.1. The number of amides is 3. The lowest BCUT2D eigenvalue weighted by Crippen LogP contribution is -2.56. The molecule has 1 atom stereocenters. The molecule has 1 aromatic heterocycles. The number of sulfonamides is 1. The third-order valence-electron chi connectivity index (χ3n) is 8.08. The Morgan fingerprint density at radius 1 is 1.04 bits per heavy atom. The predicted octanol–water partition coefficient (Wildman–Crippen LogP) is 6.17. The number of rotatable bonds is 9. The average molecular weight is 656 g/mol. The fourth-order valence-electron chi connectivity index (χ4n) is 5.87. The van der Waals surface area contributed by atoms with Crippen molar-refractivity contribution in [1.29, 1.82) is 0 Å². The topological polar surface area (TPSA) is 150 Å². The molecule has 3 aromatic rings. The van der Waals surface area contributed by atoms with Gasteiger partial charge in [-0.1, -0.05) is 36.4 Å². The Morgan fingerprint density at radius 2 is 1.73 bits per heavy atom. The van der Waals surface area contributed by atoms with Gasteiger partial charge >= 0.3 is 12.1 Å². The van der Waals surface area contributed by atoms with E-state index in [1.165, 1.54) is 17.4 Å². The fraction of sp³-hybridized carbons (Fsp3) is 0.469. The number of nitrogens with zero attached hydrogens (tertiary/aromatic N) is 2. The summed E-state index contributed by atoms with van der Waals surface area (Å²) < 4.78 is 35.3. The van der Waals surface area contributed by atoms with E-state index in [0.29, 0.717) is 29.3 Å². The molecule has 3 amide bonds. The van der Waals surface area contributed by atoms with E-state index in [0.717, 1.165) is 36.3 Å². The highest BCUT2D eigenvalue weighted by atomic mass is 32.2. The quantitative estimate of drug-likeness (QED) is 0.215. The van der Waals surface area contributed by atoms with Crippen molar-refractivity contribution in [2.45, 2.75) is 87.9 Å². The molecular weight excluding hydrogens is 615 g/mol. The van der Waals surface area contributed by atoms with Crippen molar-refractivity contribution < 1.29 is 27.9 Å². The maximum Gasteiger partial charge on any atom is 0.407 e. The summed E-state index contributed by atoms with van der Waals surface area (Å²) in [5, 5.41) is 16.3. The molecule has 0 unspecified atom stereocenters. The van der Waals surface area contributed by atoms with Crippen molar-refractivity contribution in [3.63, 3.8) is 0 Å². The van der Waals surface area contributed by atoms with E-state index >= 15 is 0 Å². The monoisotopic (exact) mass is 655 g/mol. The second kappa shape index (κ2) is 13.5. The molecule has 2 heterocycles. The van der Waals surface area contributed by atoms with E-state index in [4.69, 9.17) is 4.74 Å². The highest BCUT2D eigenvalue weighted by Gasteiger charge is 2.38. The number of aromatic nitrogens is 1. The number of anilines is 1. The molecule has 0 radical (unpaired) electrons. The number of urea groups is 1. The van der Waals surface area contributed by atoms with Gasteiger partial charge in [-0.05, 0) is 71.1 Å². The highest BCUT2D eigenvalue weighted by Crippen LogP contribution is 2.41. The lowest BCUT2D eigenvalue weighted by Gasteiger charge is -2.42. The molecule has 242 valence electrons. The summed E-state index contributed by atoms with van der Waals surface area (Å²) in [5.74, 6) is 0.164. The van der Waals surface area contributed by atoms with Crippen LogP contribution in [0.15, 0.2) is 59.6 Å². The third kappa shape index (κ3) is 8.01. The van der Waals surface area contributed by atoms with Crippen LogP contribution < -0.4 is 15.4 Å². The van der Waals surface area contributed by atoms with Gasteiger partial charge in [0.05, 0.1) is 40.1 Å². The highest BCUT2D eigenvalue weighted by molar-refractivity contribution is 7.89. The van der Waals surface area contributed by atoms with Gasteiger partial charge in [0.25, 0.3) is 0 Å². The lowest BCUT2D eigenvalue weighted by molar-refractivity contribution is -0.0728. The zero-order valence-electron chi connectivity index (χ0n) is 25.9. The smallest absolute Gasteiger partial charge is 0.407 e. The summed E-state index contributed by atoms with van der Waals surface area (Å²) in [6.07, 6.45) is 3.87. The number of hydrogen-bond donors (Lipinski definition) is 4. The normalized spacial score (nSPS) is 19.7. The molecule has 1 saturated heterocycles. The largest absolute Gasteiger partial charge is 0.465 e. The van der Waals surface area contributed by atoms with E-state index in [1.807, 2.05) is 37.3 Å². The van der Waals surface area contributed by atoms with Crippen molar-refractivity contribution in [2.75, 3.05) is 18.5 Å². The Bertz CT molecular complexity index is 1610. The molecule has 13 heteroatoms. The van der Waals surface area contributed by atoms with Gasteiger partial charge in [-0.25, -0.2) is 27.7 Å². The number of carbonyl (C=O) groups excluding carboxylic acids is 1. The Kier molecular flexibility index (Phi) is 9.83. The number of benzene rings is 2. The lowest BCUT2D eigenvalue weighted by atomic mass is 9.85. The molecule has 11 nitrogen and oxygen atoms in total. The first-order chi connectivity index (χ1) is 21.3. The SMILES string of the molecule is C[C@H](NC(=O)Nc1ccc(-c2cnc(C3CCC(N(C(=O)O)C4COC4)CC3)s2)c(S(=O)(=O)NC(C)(C)C)c1)c1ccccc1. The molecule has 1 aliphatic carbocycles. The van der Waals surface area contributed by atoms with Crippen molar-refractivity contribution in [3.8, 4) is 10.4 Å². The van der Waals surface area contributed by atoms with Gasteiger partial charge in [-0.15, -0.1) is 11.3 Å². The summed E-state index contributed by atoms with van der Waals surface area (Å²) >= 11 is 1.45. The second-order valence-electron chi connectivity index (χ2n) is 12.7. The molecule has 1 aliphatic heterocycles. The van der Waals surface area contributed by atoms with Gasteiger partial charge < -0.3 is 20.5 Å². The van der Waals surface area contributed by atoms with E-state index in [-0.39, 0.29) is 28.9 Å². The van der Waals surface area contributed by atoms with Gasteiger partial charge in [0, 0.05) is 34.9 Å². The van der Waals surface area contributed by atoms with Crippen molar-refractivity contribution in [1.82, 2.24) is 19.9 Å². The minimum absolute atomic E-state index is 0.0415. The Morgan fingerprint density at radius 3 is 2.33 bits per heavy atom. The maximum atomic E-state index is 13.7. The average Bonchev–Trinajstić information content (AvgIpc) is 3.44. The van der Waals surface area contributed by atoms with Crippen LogP contribution in [0.5, 0.6) is 0 Å². The summed E-state index contributed by atoms with van der Waals surface area (Å²) in [7, 11) is -3.98. The number of thiazole rings is 1. The van der Waals surface area contributed by atoms with Crippen LogP contribution >= 0.6 is 11.3 Å². The van der Waals surface area contributed by atoms with Crippen LogP contribution in [0.25, 0.3) is 10.4 Å². The van der Waals surface area contributed by atoms with Crippen molar-refractivity contribution in [3.05, 3.63) is 65.3 Å². The molecule has 2 aliphatic rings. The number of ether oxygens (including phenoxy) is 1. The Labute approximate surface area is 268 Å². The first kappa shape index (κ1) is 32.9.